The first kappa shape index (κ1) is 11.9. The van der Waals surface area contributed by atoms with Crippen molar-refractivity contribution >= 4 is 15.9 Å². The van der Waals surface area contributed by atoms with Crippen LogP contribution in [0.5, 0.6) is 5.75 Å². The Morgan fingerprint density at radius 3 is 2.75 bits per heavy atom. The van der Waals surface area contributed by atoms with E-state index < -0.39 is 0 Å². The number of aromatic hydroxyl groups is 1. The van der Waals surface area contributed by atoms with E-state index in [4.69, 9.17) is 5.73 Å². The van der Waals surface area contributed by atoms with Crippen LogP contribution in [0.15, 0.2) is 10.5 Å². The summed E-state index contributed by atoms with van der Waals surface area (Å²) in [5.41, 5.74) is 9.31. The van der Waals surface area contributed by atoms with Gasteiger partial charge in [0.15, 0.2) is 0 Å². The fourth-order valence-electron chi connectivity index (χ4n) is 2.37. The zero-order valence-corrected chi connectivity index (χ0v) is 11.4. The Morgan fingerprint density at radius 2 is 2.12 bits per heavy atom. The fraction of sp³-hybridized carbons (Fsp3) is 0.538. The first-order chi connectivity index (χ1) is 7.38. The van der Waals surface area contributed by atoms with E-state index >= 15 is 0 Å². The molecule has 0 saturated carbocycles. The average Bonchev–Trinajstić information content (AvgIpc) is 2.59. The second-order valence-corrected chi connectivity index (χ2v) is 6.15. The zero-order valence-electron chi connectivity index (χ0n) is 9.81. The van der Waals surface area contributed by atoms with Crippen molar-refractivity contribution in [2.45, 2.75) is 45.1 Å². The minimum Gasteiger partial charge on any atom is -0.506 e. The molecule has 0 fully saturated rings. The number of hydrogen-bond donors (Lipinski definition) is 2. The molecule has 0 atom stereocenters. The van der Waals surface area contributed by atoms with Crippen molar-refractivity contribution in [3.8, 4) is 5.75 Å². The van der Waals surface area contributed by atoms with E-state index in [0.29, 0.717) is 12.2 Å². The Labute approximate surface area is 105 Å². The van der Waals surface area contributed by atoms with Crippen LogP contribution in [0.4, 0.5) is 0 Å². The molecule has 3 N–H and O–H groups in total. The quantitative estimate of drug-likeness (QED) is 0.877. The summed E-state index contributed by atoms with van der Waals surface area (Å²) in [6.07, 6.45) is 4.07. The lowest BCUT2D eigenvalue weighted by molar-refractivity contribution is 0.446. The van der Waals surface area contributed by atoms with Gasteiger partial charge in [-0.1, -0.05) is 6.07 Å². The molecule has 0 radical (unpaired) electrons. The van der Waals surface area contributed by atoms with Crippen LogP contribution in [-0.4, -0.2) is 10.6 Å². The van der Waals surface area contributed by atoms with E-state index in [-0.39, 0.29) is 5.54 Å². The summed E-state index contributed by atoms with van der Waals surface area (Å²) in [5, 5.41) is 10.1. The predicted octanol–water partition coefficient (Wildman–Crippen LogP) is 2.92. The summed E-state index contributed by atoms with van der Waals surface area (Å²) in [6.45, 7) is 3.96. The molecular formula is C13H18BrNO. The molecule has 0 heterocycles. The van der Waals surface area contributed by atoms with Gasteiger partial charge in [-0.2, -0.15) is 0 Å². The first-order valence-corrected chi connectivity index (χ1v) is 6.49. The molecule has 2 nitrogen and oxygen atoms in total. The highest BCUT2D eigenvalue weighted by Gasteiger charge is 2.22. The molecule has 16 heavy (non-hydrogen) atoms. The summed E-state index contributed by atoms with van der Waals surface area (Å²) in [7, 11) is 0. The molecule has 0 amide bonds. The van der Waals surface area contributed by atoms with E-state index in [2.05, 4.69) is 22.0 Å². The lowest BCUT2D eigenvalue weighted by atomic mass is 9.93. The molecule has 0 unspecified atom stereocenters. The maximum Gasteiger partial charge on any atom is 0.133 e. The second kappa shape index (κ2) is 4.04. The van der Waals surface area contributed by atoms with Gasteiger partial charge in [-0.3, -0.25) is 0 Å². The van der Waals surface area contributed by atoms with E-state index in [1.807, 2.05) is 13.8 Å². The number of aryl methyl sites for hydroxylation is 1. The van der Waals surface area contributed by atoms with Crippen LogP contribution < -0.4 is 5.73 Å². The van der Waals surface area contributed by atoms with Gasteiger partial charge in [0, 0.05) is 5.54 Å². The molecule has 1 aliphatic rings. The molecule has 1 aromatic carbocycles. The average molecular weight is 284 g/mol. The van der Waals surface area contributed by atoms with Crippen molar-refractivity contribution in [1.29, 1.82) is 0 Å². The topological polar surface area (TPSA) is 46.2 Å². The predicted molar refractivity (Wildman–Crippen MR) is 69.8 cm³/mol. The Hall–Kier alpha value is -0.540. The SMILES string of the molecule is CC(C)(N)Cc1cc2c(c(Br)c1O)CCC2. The number of hydrogen-bond acceptors (Lipinski definition) is 2. The Morgan fingerprint density at radius 1 is 1.44 bits per heavy atom. The maximum absolute atomic E-state index is 10.1. The fourth-order valence-corrected chi connectivity index (χ4v) is 3.07. The largest absolute Gasteiger partial charge is 0.506 e. The molecular weight excluding hydrogens is 266 g/mol. The van der Waals surface area contributed by atoms with Crippen LogP contribution in [0.3, 0.4) is 0 Å². The van der Waals surface area contributed by atoms with E-state index in [0.717, 1.165) is 22.9 Å². The third-order valence-electron chi connectivity index (χ3n) is 3.03. The summed E-state index contributed by atoms with van der Waals surface area (Å²) in [4.78, 5) is 0. The molecule has 1 aliphatic carbocycles. The van der Waals surface area contributed by atoms with Crippen LogP contribution in [0, 0.1) is 0 Å². The zero-order chi connectivity index (χ0) is 11.9. The van der Waals surface area contributed by atoms with E-state index in [1.54, 1.807) is 0 Å². The highest BCUT2D eigenvalue weighted by atomic mass is 79.9. The van der Waals surface area contributed by atoms with Gasteiger partial charge < -0.3 is 10.8 Å². The van der Waals surface area contributed by atoms with Crippen LogP contribution in [-0.2, 0) is 19.3 Å². The van der Waals surface area contributed by atoms with Crippen LogP contribution in [0.25, 0.3) is 0 Å². The molecule has 3 heteroatoms. The Bertz CT molecular complexity index is 421. The second-order valence-electron chi connectivity index (χ2n) is 5.35. The molecule has 2 rings (SSSR count). The number of phenolic OH excluding ortho intramolecular Hbond substituents is 1. The standard InChI is InChI=1S/C13H18BrNO/c1-13(2,15)7-9-6-8-4-3-5-10(8)11(14)12(9)16/h6,16H,3-5,7,15H2,1-2H3. The lowest BCUT2D eigenvalue weighted by Gasteiger charge is -2.20. The van der Waals surface area contributed by atoms with Gasteiger partial charge in [0.25, 0.3) is 0 Å². The third-order valence-corrected chi connectivity index (χ3v) is 3.89. The van der Waals surface area contributed by atoms with Gasteiger partial charge in [0.05, 0.1) is 4.47 Å². The summed E-state index contributed by atoms with van der Waals surface area (Å²) >= 11 is 3.50. The van der Waals surface area contributed by atoms with Gasteiger partial charge >= 0.3 is 0 Å². The summed E-state index contributed by atoms with van der Waals surface area (Å²) in [6, 6.07) is 2.12. The third kappa shape index (κ3) is 2.25. The van der Waals surface area contributed by atoms with Crippen molar-refractivity contribution in [2.75, 3.05) is 0 Å². The molecule has 0 aliphatic heterocycles. The minimum atomic E-state index is -0.288. The number of benzene rings is 1. The first-order valence-electron chi connectivity index (χ1n) is 5.69. The molecule has 0 spiro atoms. The van der Waals surface area contributed by atoms with E-state index in [9.17, 15) is 5.11 Å². The Kier molecular flexibility index (Phi) is 3.01. The van der Waals surface area contributed by atoms with Gasteiger partial charge in [-0.25, -0.2) is 0 Å². The lowest BCUT2D eigenvalue weighted by Crippen LogP contribution is -2.34. The van der Waals surface area contributed by atoms with Crippen LogP contribution in [0.1, 0.15) is 37.0 Å². The summed E-state index contributed by atoms with van der Waals surface area (Å²) in [5.74, 6) is 0.374. The van der Waals surface area contributed by atoms with Crippen molar-refractivity contribution in [1.82, 2.24) is 0 Å². The van der Waals surface area contributed by atoms with Crippen molar-refractivity contribution in [2.24, 2.45) is 5.73 Å². The van der Waals surface area contributed by atoms with Gasteiger partial charge in [-0.15, -0.1) is 0 Å². The number of phenols is 1. The van der Waals surface area contributed by atoms with Crippen LogP contribution >= 0.6 is 15.9 Å². The number of rotatable bonds is 2. The molecule has 0 aromatic heterocycles. The van der Waals surface area contributed by atoms with Crippen molar-refractivity contribution in [3.63, 3.8) is 0 Å². The summed E-state index contributed by atoms with van der Waals surface area (Å²) < 4.78 is 0.877. The number of halogens is 1. The number of nitrogens with two attached hydrogens (primary N) is 1. The molecule has 1 aromatic rings. The highest BCUT2D eigenvalue weighted by molar-refractivity contribution is 9.10. The van der Waals surface area contributed by atoms with Crippen molar-refractivity contribution < 1.29 is 5.11 Å². The van der Waals surface area contributed by atoms with Crippen LogP contribution in [0.2, 0.25) is 0 Å². The smallest absolute Gasteiger partial charge is 0.133 e. The monoisotopic (exact) mass is 283 g/mol. The highest BCUT2D eigenvalue weighted by Crippen LogP contribution is 2.39. The molecule has 88 valence electrons. The van der Waals surface area contributed by atoms with Gasteiger partial charge in [0.2, 0.25) is 0 Å². The normalized spacial score (nSPS) is 15.2. The van der Waals surface area contributed by atoms with Gasteiger partial charge in [-0.05, 0) is 72.2 Å². The maximum atomic E-state index is 10.1. The Balaban J connectivity index is 2.44. The van der Waals surface area contributed by atoms with E-state index in [1.165, 1.54) is 17.5 Å². The van der Waals surface area contributed by atoms with Gasteiger partial charge in [0.1, 0.15) is 5.75 Å². The molecule has 0 bridgehead atoms. The van der Waals surface area contributed by atoms with Crippen molar-refractivity contribution in [3.05, 3.63) is 27.2 Å². The number of fused-ring (bicyclic) bond motifs is 1. The minimum absolute atomic E-state index is 0.288. The molecule has 0 saturated heterocycles.